The van der Waals surface area contributed by atoms with Crippen LogP contribution in [0.25, 0.3) is 0 Å². The lowest BCUT2D eigenvalue weighted by Crippen LogP contribution is -2.44. The molecule has 0 radical (unpaired) electrons. The number of thioether (sulfide) groups is 1. The molecule has 2 saturated heterocycles. The van der Waals surface area contributed by atoms with Gasteiger partial charge in [0.2, 0.25) is 11.8 Å². The van der Waals surface area contributed by atoms with Gasteiger partial charge in [-0.1, -0.05) is 15.9 Å². The maximum Gasteiger partial charge on any atom is 0.232 e. The van der Waals surface area contributed by atoms with Crippen LogP contribution in [0.1, 0.15) is 31.2 Å². The molecular formula is C19H25BrN2O2S. The number of nitrogens with zero attached hydrogens (tertiary/aromatic N) is 2. The highest BCUT2D eigenvalue weighted by Crippen LogP contribution is 2.27. The summed E-state index contributed by atoms with van der Waals surface area (Å²) >= 11 is 5.06. The molecule has 2 amide bonds. The van der Waals surface area contributed by atoms with E-state index in [2.05, 4.69) is 35.0 Å². The van der Waals surface area contributed by atoms with E-state index in [0.717, 1.165) is 48.1 Å². The smallest absolute Gasteiger partial charge is 0.232 e. The molecule has 25 heavy (non-hydrogen) atoms. The van der Waals surface area contributed by atoms with E-state index in [-0.39, 0.29) is 11.8 Å². The van der Waals surface area contributed by atoms with Crippen molar-refractivity contribution in [3.05, 3.63) is 28.2 Å². The van der Waals surface area contributed by atoms with Crippen molar-refractivity contribution >= 4 is 39.5 Å². The summed E-state index contributed by atoms with van der Waals surface area (Å²) in [5, 5.41) is 0. The van der Waals surface area contributed by atoms with E-state index < -0.39 is 0 Å². The fourth-order valence-electron chi connectivity index (χ4n) is 3.58. The topological polar surface area (TPSA) is 40.6 Å². The predicted octanol–water partition coefficient (Wildman–Crippen LogP) is 3.71. The van der Waals surface area contributed by atoms with Gasteiger partial charge in [0.25, 0.3) is 0 Å². The van der Waals surface area contributed by atoms with Gasteiger partial charge in [-0.25, -0.2) is 0 Å². The Bertz CT molecular complexity index is 638. The molecule has 1 aromatic rings. The Balaban J connectivity index is 1.45. The zero-order valence-electron chi connectivity index (χ0n) is 14.7. The van der Waals surface area contributed by atoms with Crippen molar-refractivity contribution in [2.45, 2.75) is 37.5 Å². The summed E-state index contributed by atoms with van der Waals surface area (Å²) in [5.74, 6) is 1.07. The van der Waals surface area contributed by atoms with Crippen LogP contribution < -0.4 is 0 Å². The number of hydrogen-bond donors (Lipinski definition) is 0. The SMILES string of the molecule is Cc1cc(Br)ccc1SCC(=O)N1CCC(C(=O)N2CCCC2)CC1. The lowest BCUT2D eigenvalue weighted by atomic mass is 9.95. The molecule has 2 heterocycles. The summed E-state index contributed by atoms with van der Waals surface area (Å²) in [4.78, 5) is 30.0. The molecule has 0 unspecified atom stereocenters. The number of likely N-dealkylation sites (tertiary alicyclic amines) is 2. The van der Waals surface area contributed by atoms with Gasteiger partial charge in [-0.2, -0.15) is 0 Å². The summed E-state index contributed by atoms with van der Waals surface area (Å²) < 4.78 is 1.06. The van der Waals surface area contributed by atoms with E-state index in [0.29, 0.717) is 24.7 Å². The third-order valence-corrected chi connectivity index (χ3v) is 6.76. The molecule has 6 heteroatoms. The van der Waals surface area contributed by atoms with Crippen molar-refractivity contribution < 1.29 is 9.59 Å². The number of hydrogen-bond acceptors (Lipinski definition) is 3. The predicted molar refractivity (Wildman–Crippen MR) is 105 cm³/mol. The Hall–Kier alpha value is -1.01. The molecule has 0 saturated carbocycles. The van der Waals surface area contributed by atoms with Crippen molar-refractivity contribution in [3.8, 4) is 0 Å². The number of carbonyl (C=O) groups is 2. The van der Waals surface area contributed by atoms with Gasteiger partial charge in [0.15, 0.2) is 0 Å². The molecule has 0 aliphatic carbocycles. The van der Waals surface area contributed by atoms with Gasteiger partial charge in [0.05, 0.1) is 5.75 Å². The molecule has 3 rings (SSSR count). The first-order chi connectivity index (χ1) is 12.0. The van der Waals surface area contributed by atoms with Crippen molar-refractivity contribution in [3.63, 3.8) is 0 Å². The van der Waals surface area contributed by atoms with Crippen LogP contribution in [-0.4, -0.2) is 53.5 Å². The molecule has 0 aromatic heterocycles. The average molecular weight is 425 g/mol. The van der Waals surface area contributed by atoms with E-state index in [9.17, 15) is 9.59 Å². The highest BCUT2D eigenvalue weighted by molar-refractivity contribution is 9.10. The first-order valence-electron chi connectivity index (χ1n) is 9.00. The third-order valence-electron chi connectivity index (χ3n) is 5.10. The van der Waals surface area contributed by atoms with E-state index >= 15 is 0 Å². The van der Waals surface area contributed by atoms with Gasteiger partial charge in [0, 0.05) is 41.5 Å². The Morgan fingerprint density at radius 3 is 2.44 bits per heavy atom. The minimum absolute atomic E-state index is 0.114. The van der Waals surface area contributed by atoms with Crippen LogP contribution in [0.15, 0.2) is 27.6 Å². The molecular weight excluding hydrogens is 400 g/mol. The van der Waals surface area contributed by atoms with Gasteiger partial charge in [-0.15, -0.1) is 11.8 Å². The Morgan fingerprint density at radius 1 is 1.12 bits per heavy atom. The zero-order chi connectivity index (χ0) is 17.8. The summed E-state index contributed by atoms with van der Waals surface area (Å²) in [6.07, 6.45) is 3.89. The molecule has 0 atom stereocenters. The molecule has 1 aromatic carbocycles. The molecule has 0 N–H and O–H groups in total. The van der Waals surface area contributed by atoms with Gasteiger partial charge < -0.3 is 9.80 Å². The number of carbonyl (C=O) groups excluding carboxylic acids is 2. The summed E-state index contributed by atoms with van der Waals surface area (Å²) in [6.45, 7) is 5.32. The van der Waals surface area contributed by atoms with E-state index in [4.69, 9.17) is 0 Å². The third kappa shape index (κ3) is 4.79. The molecule has 0 spiro atoms. The number of piperidine rings is 1. The Morgan fingerprint density at radius 2 is 1.80 bits per heavy atom. The zero-order valence-corrected chi connectivity index (χ0v) is 17.1. The van der Waals surface area contributed by atoms with Crippen molar-refractivity contribution in [1.29, 1.82) is 0 Å². The van der Waals surface area contributed by atoms with Gasteiger partial charge in [-0.3, -0.25) is 9.59 Å². The first-order valence-corrected chi connectivity index (χ1v) is 10.8. The van der Waals surface area contributed by atoms with Crippen LogP contribution in [0.2, 0.25) is 0 Å². The van der Waals surface area contributed by atoms with Crippen LogP contribution in [0.4, 0.5) is 0 Å². The standard InChI is InChI=1S/C19H25BrN2O2S/c1-14-12-16(20)4-5-17(14)25-13-18(23)21-10-6-15(7-11-21)19(24)22-8-2-3-9-22/h4-5,12,15H,2-3,6-11,13H2,1H3. The van der Waals surface area contributed by atoms with Crippen molar-refractivity contribution in [2.24, 2.45) is 5.92 Å². The second-order valence-electron chi connectivity index (χ2n) is 6.89. The molecule has 2 aliphatic heterocycles. The van der Waals surface area contributed by atoms with Crippen LogP contribution >= 0.6 is 27.7 Å². The van der Waals surface area contributed by atoms with Crippen LogP contribution in [0.3, 0.4) is 0 Å². The van der Waals surface area contributed by atoms with E-state index in [1.807, 2.05) is 15.9 Å². The second kappa shape index (κ2) is 8.58. The van der Waals surface area contributed by atoms with Crippen LogP contribution in [0, 0.1) is 12.8 Å². The Kier molecular flexibility index (Phi) is 6.44. The van der Waals surface area contributed by atoms with Gasteiger partial charge in [-0.05, 0) is 56.4 Å². The minimum atomic E-state index is 0.114. The number of rotatable bonds is 4. The lowest BCUT2D eigenvalue weighted by Gasteiger charge is -2.33. The highest BCUT2D eigenvalue weighted by atomic mass is 79.9. The maximum absolute atomic E-state index is 12.5. The van der Waals surface area contributed by atoms with Gasteiger partial charge in [0.1, 0.15) is 0 Å². The summed E-state index contributed by atoms with van der Waals surface area (Å²) in [6, 6.07) is 6.13. The fourth-order valence-corrected chi connectivity index (χ4v) is 4.97. The average Bonchev–Trinajstić information content (AvgIpc) is 3.15. The molecule has 4 nitrogen and oxygen atoms in total. The molecule has 2 aliphatic rings. The minimum Gasteiger partial charge on any atom is -0.342 e. The monoisotopic (exact) mass is 424 g/mol. The lowest BCUT2D eigenvalue weighted by molar-refractivity contribution is -0.139. The van der Waals surface area contributed by atoms with Gasteiger partial charge >= 0.3 is 0 Å². The number of halogens is 1. The molecule has 136 valence electrons. The number of benzene rings is 1. The van der Waals surface area contributed by atoms with Crippen molar-refractivity contribution in [1.82, 2.24) is 9.80 Å². The summed E-state index contributed by atoms with van der Waals surface area (Å²) in [5.41, 5.74) is 1.18. The van der Waals surface area contributed by atoms with Crippen LogP contribution in [0.5, 0.6) is 0 Å². The fraction of sp³-hybridized carbons (Fsp3) is 0.579. The number of aryl methyl sites for hydroxylation is 1. The number of amides is 2. The van der Waals surface area contributed by atoms with Crippen LogP contribution in [-0.2, 0) is 9.59 Å². The van der Waals surface area contributed by atoms with E-state index in [1.165, 1.54) is 5.56 Å². The Labute approximate surface area is 162 Å². The highest BCUT2D eigenvalue weighted by Gasteiger charge is 2.31. The summed E-state index contributed by atoms with van der Waals surface area (Å²) in [7, 11) is 0. The quantitative estimate of drug-likeness (QED) is 0.691. The molecule has 2 fully saturated rings. The normalized spacial score (nSPS) is 18.6. The van der Waals surface area contributed by atoms with Crippen molar-refractivity contribution in [2.75, 3.05) is 31.9 Å². The van der Waals surface area contributed by atoms with E-state index in [1.54, 1.807) is 11.8 Å². The maximum atomic E-state index is 12.5. The largest absolute Gasteiger partial charge is 0.342 e. The molecule has 0 bridgehead atoms. The second-order valence-corrected chi connectivity index (χ2v) is 8.82. The first kappa shape index (κ1) is 18.8.